The van der Waals surface area contributed by atoms with E-state index in [0.717, 1.165) is 61.2 Å². The fourth-order valence-electron chi connectivity index (χ4n) is 8.12. The Morgan fingerprint density at radius 1 is 0.528 bits per heavy atom. The van der Waals surface area contributed by atoms with Gasteiger partial charge in [-0.05, 0) is 82.4 Å². The van der Waals surface area contributed by atoms with Crippen molar-refractivity contribution in [1.29, 1.82) is 15.8 Å². The van der Waals surface area contributed by atoms with E-state index in [4.69, 9.17) is 0 Å². The highest BCUT2D eigenvalue weighted by Crippen LogP contribution is 2.52. The summed E-state index contributed by atoms with van der Waals surface area (Å²) in [5, 5.41) is 32.2. The van der Waals surface area contributed by atoms with Crippen molar-refractivity contribution in [2.75, 3.05) is 4.90 Å². The van der Waals surface area contributed by atoms with Crippen molar-refractivity contribution < 1.29 is 0 Å². The molecule has 0 N–H and O–H groups in total. The molecule has 6 heteroatoms. The summed E-state index contributed by atoms with van der Waals surface area (Å²) in [5.41, 5.74) is 12.4. The van der Waals surface area contributed by atoms with Gasteiger partial charge in [0.1, 0.15) is 12.1 Å². The zero-order valence-corrected chi connectivity index (χ0v) is 29.0. The largest absolute Gasteiger partial charge is 0.310 e. The molecule has 6 aromatic carbocycles. The second-order valence-corrected chi connectivity index (χ2v) is 13.8. The Kier molecular flexibility index (Phi) is 7.19. The second-order valence-electron chi connectivity index (χ2n) is 13.8. The smallest absolute Gasteiger partial charge is 0.101 e. The molecule has 248 valence electrons. The van der Waals surface area contributed by atoms with Gasteiger partial charge in [-0.15, -0.1) is 0 Å². The van der Waals surface area contributed by atoms with E-state index in [9.17, 15) is 15.8 Å². The molecule has 0 amide bonds. The molecule has 0 radical (unpaired) electrons. The topological polar surface area (TPSA) is 92.4 Å². The van der Waals surface area contributed by atoms with E-state index in [2.05, 4.69) is 150 Å². The minimum absolute atomic E-state index is 0.181. The molecule has 0 spiro atoms. The maximum Gasteiger partial charge on any atom is 0.101 e. The molecule has 0 bridgehead atoms. The number of hydrogen-bond donors (Lipinski definition) is 0. The molecule has 0 fully saturated rings. The third-order valence-corrected chi connectivity index (χ3v) is 10.6. The van der Waals surface area contributed by atoms with Gasteiger partial charge in [0.15, 0.2) is 0 Å². The number of nitrogens with zero attached hydrogens (tertiary/aromatic N) is 6. The van der Waals surface area contributed by atoms with Gasteiger partial charge >= 0.3 is 0 Å². The van der Waals surface area contributed by atoms with Crippen LogP contribution >= 0.6 is 0 Å². The van der Waals surface area contributed by atoms with Gasteiger partial charge in [-0.2, -0.15) is 15.8 Å². The monoisotopic (exact) mass is 678 g/mol. The molecule has 0 saturated heterocycles. The molecular formula is C47H30N6. The van der Waals surface area contributed by atoms with Crippen LogP contribution in [0.1, 0.15) is 41.7 Å². The highest BCUT2D eigenvalue weighted by molar-refractivity contribution is 6.09. The van der Waals surface area contributed by atoms with Crippen molar-refractivity contribution in [2.45, 2.75) is 19.3 Å². The Bertz CT molecular complexity index is 2830. The fourth-order valence-corrected chi connectivity index (χ4v) is 8.12. The molecule has 1 aliphatic rings. The minimum Gasteiger partial charge on any atom is -0.310 e. The number of aromatic nitrogens is 2. The molecule has 2 aromatic heterocycles. The number of hydrogen-bond acceptors (Lipinski definition) is 5. The predicted octanol–water partition coefficient (Wildman–Crippen LogP) is 11.2. The molecule has 0 unspecified atom stereocenters. The Labute approximate surface area is 307 Å². The van der Waals surface area contributed by atoms with Crippen LogP contribution < -0.4 is 4.90 Å². The average molecular weight is 679 g/mol. The number of rotatable bonds is 4. The molecule has 6 nitrogen and oxygen atoms in total. The van der Waals surface area contributed by atoms with E-state index in [1.54, 1.807) is 6.07 Å². The Balaban J connectivity index is 1.38. The van der Waals surface area contributed by atoms with Gasteiger partial charge in [0, 0.05) is 45.5 Å². The highest BCUT2D eigenvalue weighted by Gasteiger charge is 2.36. The summed E-state index contributed by atoms with van der Waals surface area (Å²) in [4.78, 5) is 6.85. The third kappa shape index (κ3) is 4.80. The summed E-state index contributed by atoms with van der Waals surface area (Å²) in [6, 6.07) is 52.0. The summed E-state index contributed by atoms with van der Waals surface area (Å²) >= 11 is 0. The molecule has 0 aliphatic carbocycles. The standard InChI is InChI=1S/C47H30N6/c1-47(2)41-14-6-9-17-45(41)53(46-18-10-7-15-42(46)47)35-23-30(22-34(25-35)52-43-16-8-5-13-38(43)40-29-51-20-19-44(40)52)36-11-3-4-12-37(36)39-24-32(27-49)31(26-48)21-33(39)28-50/h3-25,29H,1-2H3. The van der Waals surface area contributed by atoms with E-state index in [1.165, 1.54) is 17.2 Å². The van der Waals surface area contributed by atoms with Gasteiger partial charge in [-0.1, -0.05) is 92.7 Å². The fraction of sp³-hybridized carbons (Fsp3) is 0.0638. The molecule has 9 rings (SSSR count). The van der Waals surface area contributed by atoms with Crippen molar-refractivity contribution in [3.8, 4) is 46.1 Å². The number of benzene rings is 6. The van der Waals surface area contributed by atoms with Crippen LogP contribution in [0, 0.1) is 34.0 Å². The van der Waals surface area contributed by atoms with Crippen LogP contribution in [-0.4, -0.2) is 9.55 Å². The van der Waals surface area contributed by atoms with Gasteiger partial charge in [0.2, 0.25) is 0 Å². The van der Waals surface area contributed by atoms with Crippen LogP contribution in [0.4, 0.5) is 17.1 Å². The van der Waals surface area contributed by atoms with E-state index in [-0.39, 0.29) is 16.5 Å². The Morgan fingerprint density at radius 3 is 1.83 bits per heavy atom. The maximum atomic E-state index is 10.3. The first-order valence-electron chi connectivity index (χ1n) is 17.4. The number of para-hydroxylation sites is 3. The zero-order chi connectivity index (χ0) is 36.3. The molecule has 0 saturated carbocycles. The Hall–Kier alpha value is -7.46. The lowest BCUT2D eigenvalue weighted by Crippen LogP contribution is -2.30. The van der Waals surface area contributed by atoms with Crippen LogP contribution in [-0.2, 0) is 5.41 Å². The molecule has 3 heterocycles. The SMILES string of the molecule is CC1(C)c2ccccc2N(c2cc(-c3ccccc3-c3cc(C#N)c(C#N)cc3C#N)cc(-n3c4ccccc4c4cnccc43)c2)c2ccccc21. The first-order valence-corrected chi connectivity index (χ1v) is 17.4. The first-order chi connectivity index (χ1) is 25.9. The maximum absolute atomic E-state index is 10.3. The van der Waals surface area contributed by atoms with Crippen molar-refractivity contribution in [1.82, 2.24) is 9.55 Å². The number of nitriles is 3. The van der Waals surface area contributed by atoms with Crippen LogP contribution in [0.2, 0.25) is 0 Å². The van der Waals surface area contributed by atoms with Crippen molar-refractivity contribution in [3.63, 3.8) is 0 Å². The van der Waals surface area contributed by atoms with Gasteiger partial charge in [-0.3, -0.25) is 4.98 Å². The summed E-state index contributed by atoms with van der Waals surface area (Å²) in [7, 11) is 0. The lowest BCUT2D eigenvalue weighted by molar-refractivity contribution is 0.632. The van der Waals surface area contributed by atoms with Gasteiger partial charge < -0.3 is 9.47 Å². The average Bonchev–Trinajstić information content (AvgIpc) is 3.55. The highest BCUT2D eigenvalue weighted by atomic mass is 15.2. The molecule has 0 atom stereocenters. The number of fused-ring (bicyclic) bond motifs is 5. The van der Waals surface area contributed by atoms with Crippen LogP contribution in [0.25, 0.3) is 49.7 Å². The Morgan fingerprint density at radius 2 is 1.11 bits per heavy atom. The lowest BCUT2D eigenvalue weighted by Gasteiger charge is -2.42. The van der Waals surface area contributed by atoms with E-state index in [1.807, 2.05) is 30.6 Å². The first kappa shape index (κ1) is 31.5. The summed E-state index contributed by atoms with van der Waals surface area (Å²) in [6.07, 6.45) is 3.76. The van der Waals surface area contributed by atoms with E-state index >= 15 is 0 Å². The van der Waals surface area contributed by atoms with Crippen molar-refractivity contribution in [2.24, 2.45) is 0 Å². The molecular weight excluding hydrogens is 649 g/mol. The minimum atomic E-state index is -0.224. The van der Waals surface area contributed by atoms with Crippen molar-refractivity contribution >= 4 is 38.9 Å². The summed E-state index contributed by atoms with van der Waals surface area (Å²) in [6.45, 7) is 4.57. The van der Waals surface area contributed by atoms with E-state index < -0.39 is 0 Å². The van der Waals surface area contributed by atoms with Crippen LogP contribution in [0.15, 0.2) is 146 Å². The molecule has 8 aromatic rings. The second kappa shape index (κ2) is 12.1. The predicted molar refractivity (Wildman–Crippen MR) is 210 cm³/mol. The van der Waals surface area contributed by atoms with Gasteiger partial charge in [0.05, 0.1) is 45.2 Å². The lowest BCUT2D eigenvalue weighted by atomic mass is 9.73. The normalized spacial score (nSPS) is 12.8. The summed E-state index contributed by atoms with van der Waals surface area (Å²) < 4.78 is 2.30. The zero-order valence-electron chi connectivity index (χ0n) is 29.0. The summed E-state index contributed by atoms with van der Waals surface area (Å²) in [5.74, 6) is 0. The molecule has 1 aliphatic heterocycles. The number of anilines is 3. The molecule has 53 heavy (non-hydrogen) atoms. The van der Waals surface area contributed by atoms with Gasteiger partial charge in [-0.25, -0.2) is 0 Å². The van der Waals surface area contributed by atoms with E-state index in [0.29, 0.717) is 11.1 Å². The third-order valence-electron chi connectivity index (χ3n) is 10.6. The van der Waals surface area contributed by atoms with Gasteiger partial charge in [0.25, 0.3) is 0 Å². The van der Waals surface area contributed by atoms with Crippen LogP contribution in [0.5, 0.6) is 0 Å². The van der Waals surface area contributed by atoms with Crippen LogP contribution in [0.3, 0.4) is 0 Å². The number of pyridine rings is 1. The van der Waals surface area contributed by atoms with Crippen molar-refractivity contribution in [3.05, 3.63) is 174 Å². The quantitative estimate of drug-likeness (QED) is 0.185.